The van der Waals surface area contributed by atoms with Crippen LogP contribution in [0.25, 0.3) is 5.78 Å². The second-order valence-electron chi connectivity index (χ2n) is 4.84. The molecule has 0 aliphatic rings. The molecule has 1 amide bonds. The number of rotatable bonds is 6. The topological polar surface area (TPSA) is 109 Å². The van der Waals surface area contributed by atoms with Crippen molar-refractivity contribution >= 4 is 17.7 Å². The lowest BCUT2D eigenvalue weighted by Crippen LogP contribution is -2.45. The standard InChI is InChI=1S/C13H17N5O3/c1-3-8(2)11(12(20)21)16-10(19)7-9-15-13-14-5-4-6-18(13)17-9/h4-6,8,11H,3,7H2,1-2H3,(H,16,19)(H,20,21)/t8-,11-/m0/s1. The second kappa shape index (κ2) is 6.29. The first kappa shape index (κ1) is 14.9. The molecule has 0 aromatic carbocycles. The van der Waals surface area contributed by atoms with Crippen molar-refractivity contribution in [3.8, 4) is 0 Å². The lowest BCUT2D eigenvalue weighted by atomic mass is 9.99. The zero-order chi connectivity index (χ0) is 15.4. The highest BCUT2D eigenvalue weighted by Gasteiger charge is 2.25. The summed E-state index contributed by atoms with van der Waals surface area (Å²) in [6, 6.07) is 0.798. The molecular formula is C13H17N5O3. The van der Waals surface area contributed by atoms with E-state index >= 15 is 0 Å². The number of aromatic nitrogens is 4. The smallest absolute Gasteiger partial charge is 0.326 e. The van der Waals surface area contributed by atoms with E-state index in [4.69, 9.17) is 5.11 Å². The fraction of sp³-hybridized carbons (Fsp3) is 0.462. The third kappa shape index (κ3) is 3.53. The number of nitrogens with one attached hydrogen (secondary N) is 1. The van der Waals surface area contributed by atoms with Crippen molar-refractivity contribution in [2.45, 2.75) is 32.7 Å². The molecule has 0 aliphatic carbocycles. The van der Waals surface area contributed by atoms with Crippen LogP contribution in [0.5, 0.6) is 0 Å². The Bertz CT molecular complexity index is 621. The van der Waals surface area contributed by atoms with E-state index in [2.05, 4.69) is 20.4 Å². The molecule has 8 nitrogen and oxygen atoms in total. The van der Waals surface area contributed by atoms with Crippen LogP contribution in [0.2, 0.25) is 0 Å². The molecule has 2 N–H and O–H groups in total. The summed E-state index contributed by atoms with van der Waals surface area (Å²) in [5.74, 6) is -0.903. The van der Waals surface area contributed by atoms with Crippen LogP contribution < -0.4 is 5.32 Å². The summed E-state index contributed by atoms with van der Waals surface area (Å²) in [7, 11) is 0. The lowest BCUT2D eigenvalue weighted by Gasteiger charge is -2.19. The van der Waals surface area contributed by atoms with Gasteiger partial charge in [-0.15, -0.1) is 5.10 Å². The fourth-order valence-electron chi connectivity index (χ4n) is 1.90. The molecule has 0 fully saturated rings. The van der Waals surface area contributed by atoms with E-state index in [0.717, 1.165) is 0 Å². The number of fused-ring (bicyclic) bond motifs is 1. The Balaban J connectivity index is 2.05. The van der Waals surface area contributed by atoms with Crippen molar-refractivity contribution in [3.63, 3.8) is 0 Å². The Labute approximate surface area is 121 Å². The van der Waals surface area contributed by atoms with Gasteiger partial charge < -0.3 is 10.4 Å². The van der Waals surface area contributed by atoms with Gasteiger partial charge in [-0.1, -0.05) is 20.3 Å². The zero-order valence-corrected chi connectivity index (χ0v) is 11.9. The summed E-state index contributed by atoms with van der Waals surface area (Å²) in [5.41, 5.74) is 0. The number of carboxylic acids is 1. The highest BCUT2D eigenvalue weighted by molar-refractivity contribution is 5.84. The molecule has 2 aromatic rings. The molecule has 0 unspecified atom stereocenters. The second-order valence-corrected chi connectivity index (χ2v) is 4.84. The van der Waals surface area contributed by atoms with Crippen molar-refractivity contribution in [2.24, 2.45) is 5.92 Å². The molecule has 0 radical (unpaired) electrons. The minimum atomic E-state index is -1.04. The van der Waals surface area contributed by atoms with Gasteiger partial charge in [-0.05, 0) is 12.0 Å². The number of hydrogen-bond acceptors (Lipinski definition) is 5. The number of hydrogen-bond donors (Lipinski definition) is 2. The van der Waals surface area contributed by atoms with Crippen LogP contribution in [0.3, 0.4) is 0 Å². The maximum Gasteiger partial charge on any atom is 0.326 e. The molecule has 8 heteroatoms. The van der Waals surface area contributed by atoms with Crippen molar-refractivity contribution in [1.29, 1.82) is 0 Å². The van der Waals surface area contributed by atoms with Gasteiger partial charge in [-0.25, -0.2) is 14.3 Å². The van der Waals surface area contributed by atoms with Gasteiger partial charge in [-0.2, -0.15) is 4.98 Å². The SMILES string of the molecule is CC[C@H](C)[C@H](NC(=O)Cc1nc2ncccn2n1)C(=O)O. The summed E-state index contributed by atoms with van der Waals surface area (Å²) in [4.78, 5) is 31.2. The van der Waals surface area contributed by atoms with Crippen LogP contribution in [0.15, 0.2) is 18.5 Å². The third-order valence-electron chi connectivity index (χ3n) is 3.27. The lowest BCUT2D eigenvalue weighted by molar-refractivity contribution is -0.143. The van der Waals surface area contributed by atoms with Crippen LogP contribution in [0.4, 0.5) is 0 Å². The van der Waals surface area contributed by atoms with E-state index in [-0.39, 0.29) is 12.3 Å². The van der Waals surface area contributed by atoms with Gasteiger partial charge in [0.1, 0.15) is 6.04 Å². The predicted octanol–water partition coefficient (Wildman–Crippen LogP) is 0.282. The first-order valence-electron chi connectivity index (χ1n) is 6.69. The molecule has 2 atom stereocenters. The highest BCUT2D eigenvalue weighted by Crippen LogP contribution is 2.08. The average molecular weight is 291 g/mol. The van der Waals surface area contributed by atoms with Gasteiger partial charge in [0.05, 0.1) is 6.42 Å². The van der Waals surface area contributed by atoms with Crippen LogP contribution in [-0.4, -0.2) is 42.6 Å². The molecule has 21 heavy (non-hydrogen) atoms. The molecule has 0 aliphatic heterocycles. The average Bonchev–Trinajstić information content (AvgIpc) is 2.85. The van der Waals surface area contributed by atoms with E-state index in [0.29, 0.717) is 18.0 Å². The van der Waals surface area contributed by atoms with Crippen LogP contribution in [0.1, 0.15) is 26.1 Å². The van der Waals surface area contributed by atoms with Crippen LogP contribution in [-0.2, 0) is 16.0 Å². The summed E-state index contributed by atoms with van der Waals surface area (Å²) in [6.45, 7) is 3.66. The number of nitrogens with zero attached hydrogens (tertiary/aromatic N) is 4. The quantitative estimate of drug-likeness (QED) is 0.791. The summed E-state index contributed by atoms with van der Waals surface area (Å²) in [6.07, 6.45) is 3.84. The number of amides is 1. The Hall–Kier alpha value is -2.51. The summed E-state index contributed by atoms with van der Waals surface area (Å²) < 4.78 is 1.46. The Morgan fingerprint density at radius 3 is 2.86 bits per heavy atom. The Kier molecular flexibility index (Phi) is 4.46. The van der Waals surface area contributed by atoms with E-state index in [1.807, 2.05) is 6.92 Å². The molecule has 2 heterocycles. The normalized spacial score (nSPS) is 13.8. The summed E-state index contributed by atoms with van der Waals surface area (Å²) >= 11 is 0. The maximum atomic E-state index is 11.9. The van der Waals surface area contributed by atoms with Gasteiger partial charge in [-0.3, -0.25) is 4.79 Å². The molecule has 0 bridgehead atoms. The molecule has 2 aromatic heterocycles. The number of carbonyl (C=O) groups excluding carboxylic acids is 1. The largest absolute Gasteiger partial charge is 0.480 e. The molecule has 2 rings (SSSR count). The van der Waals surface area contributed by atoms with Gasteiger partial charge >= 0.3 is 5.97 Å². The zero-order valence-electron chi connectivity index (χ0n) is 11.9. The maximum absolute atomic E-state index is 11.9. The molecule has 0 saturated heterocycles. The van der Waals surface area contributed by atoms with E-state index in [1.165, 1.54) is 4.52 Å². The Morgan fingerprint density at radius 2 is 2.24 bits per heavy atom. The predicted molar refractivity (Wildman–Crippen MR) is 73.5 cm³/mol. The molecule has 112 valence electrons. The van der Waals surface area contributed by atoms with Crippen LogP contribution in [0, 0.1) is 5.92 Å². The first-order chi connectivity index (χ1) is 10.0. The van der Waals surface area contributed by atoms with Crippen molar-refractivity contribution in [2.75, 3.05) is 0 Å². The minimum absolute atomic E-state index is 0.0798. The van der Waals surface area contributed by atoms with E-state index < -0.39 is 17.9 Å². The first-order valence-corrected chi connectivity index (χ1v) is 6.69. The van der Waals surface area contributed by atoms with Crippen molar-refractivity contribution in [3.05, 3.63) is 24.3 Å². The monoisotopic (exact) mass is 291 g/mol. The Morgan fingerprint density at radius 1 is 1.48 bits per heavy atom. The molecule has 0 saturated carbocycles. The van der Waals surface area contributed by atoms with Gasteiger partial charge in [0.25, 0.3) is 5.78 Å². The van der Waals surface area contributed by atoms with E-state index in [1.54, 1.807) is 25.4 Å². The number of aliphatic carboxylic acids is 1. The van der Waals surface area contributed by atoms with Crippen LogP contribution >= 0.6 is 0 Å². The number of carboxylic acid groups (broad SMARTS) is 1. The van der Waals surface area contributed by atoms with Gasteiger partial charge in [0.2, 0.25) is 5.91 Å². The highest BCUT2D eigenvalue weighted by atomic mass is 16.4. The molecular weight excluding hydrogens is 274 g/mol. The van der Waals surface area contributed by atoms with E-state index in [9.17, 15) is 9.59 Å². The van der Waals surface area contributed by atoms with Gasteiger partial charge in [0, 0.05) is 12.4 Å². The summed E-state index contributed by atoms with van der Waals surface area (Å²) in [5, 5.41) is 15.8. The molecule has 0 spiro atoms. The minimum Gasteiger partial charge on any atom is -0.480 e. The van der Waals surface area contributed by atoms with Gasteiger partial charge in [0.15, 0.2) is 5.82 Å². The fourth-order valence-corrected chi connectivity index (χ4v) is 1.90. The number of carbonyl (C=O) groups is 2. The van der Waals surface area contributed by atoms with Crippen molar-refractivity contribution in [1.82, 2.24) is 24.9 Å². The van der Waals surface area contributed by atoms with Crippen molar-refractivity contribution < 1.29 is 14.7 Å². The third-order valence-corrected chi connectivity index (χ3v) is 3.27.